The van der Waals surface area contributed by atoms with E-state index in [4.69, 9.17) is 11.6 Å². The molecule has 18 heavy (non-hydrogen) atoms. The SMILES string of the molecule is Cc1nccc(C(=O)Nc2ccc(C)c(Cl)c2)n1. The summed E-state index contributed by atoms with van der Waals surface area (Å²) in [5.74, 6) is 0.282. The summed E-state index contributed by atoms with van der Waals surface area (Å²) < 4.78 is 0. The Hall–Kier alpha value is -1.94. The molecule has 0 atom stereocenters. The molecule has 0 spiro atoms. The maximum atomic E-state index is 11.9. The summed E-state index contributed by atoms with van der Waals surface area (Å²) >= 11 is 5.99. The first-order valence-corrected chi connectivity index (χ1v) is 5.81. The van der Waals surface area contributed by atoms with Gasteiger partial charge in [-0.05, 0) is 37.6 Å². The number of hydrogen-bond acceptors (Lipinski definition) is 3. The zero-order valence-electron chi connectivity index (χ0n) is 10.1. The van der Waals surface area contributed by atoms with Crippen LogP contribution in [0.2, 0.25) is 5.02 Å². The molecule has 5 heteroatoms. The molecule has 2 aromatic rings. The van der Waals surface area contributed by atoms with Crippen molar-refractivity contribution in [1.82, 2.24) is 9.97 Å². The first kappa shape index (κ1) is 12.5. The highest BCUT2D eigenvalue weighted by atomic mass is 35.5. The molecular formula is C13H12ClN3O. The van der Waals surface area contributed by atoms with E-state index in [1.807, 2.05) is 13.0 Å². The number of anilines is 1. The molecule has 0 aliphatic heterocycles. The fraction of sp³-hybridized carbons (Fsp3) is 0.154. The number of nitrogens with one attached hydrogen (secondary N) is 1. The van der Waals surface area contributed by atoms with Crippen molar-refractivity contribution < 1.29 is 4.79 Å². The molecule has 0 fully saturated rings. The van der Waals surface area contributed by atoms with Crippen LogP contribution in [0.4, 0.5) is 5.69 Å². The number of carbonyl (C=O) groups is 1. The lowest BCUT2D eigenvalue weighted by molar-refractivity contribution is 0.102. The molecule has 0 bridgehead atoms. The van der Waals surface area contributed by atoms with Crippen LogP contribution in [-0.4, -0.2) is 15.9 Å². The van der Waals surface area contributed by atoms with Crippen molar-refractivity contribution >= 4 is 23.2 Å². The zero-order chi connectivity index (χ0) is 13.1. The molecule has 4 nitrogen and oxygen atoms in total. The van der Waals surface area contributed by atoms with E-state index in [0.29, 0.717) is 22.2 Å². The molecule has 1 heterocycles. The Kier molecular flexibility index (Phi) is 3.58. The largest absolute Gasteiger partial charge is 0.321 e. The zero-order valence-corrected chi connectivity index (χ0v) is 10.8. The number of benzene rings is 1. The van der Waals surface area contributed by atoms with Crippen molar-refractivity contribution in [3.8, 4) is 0 Å². The average Bonchev–Trinajstić information content (AvgIpc) is 2.34. The molecule has 0 saturated carbocycles. The van der Waals surface area contributed by atoms with Crippen molar-refractivity contribution in [3.05, 3.63) is 52.6 Å². The van der Waals surface area contributed by atoms with Gasteiger partial charge in [-0.2, -0.15) is 0 Å². The van der Waals surface area contributed by atoms with Crippen LogP contribution in [-0.2, 0) is 0 Å². The molecule has 1 amide bonds. The van der Waals surface area contributed by atoms with Gasteiger partial charge >= 0.3 is 0 Å². The van der Waals surface area contributed by atoms with Gasteiger partial charge in [0.25, 0.3) is 5.91 Å². The monoisotopic (exact) mass is 261 g/mol. The average molecular weight is 262 g/mol. The van der Waals surface area contributed by atoms with Gasteiger partial charge in [0.15, 0.2) is 0 Å². The van der Waals surface area contributed by atoms with Crippen LogP contribution in [0.5, 0.6) is 0 Å². The first-order chi connectivity index (χ1) is 8.56. The van der Waals surface area contributed by atoms with Crippen LogP contribution in [0, 0.1) is 13.8 Å². The summed E-state index contributed by atoms with van der Waals surface area (Å²) in [7, 11) is 0. The Morgan fingerprint density at radius 3 is 2.72 bits per heavy atom. The smallest absolute Gasteiger partial charge is 0.274 e. The molecule has 2 rings (SSSR count). The predicted molar refractivity (Wildman–Crippen MR) is 70.9 cm³/mol. The Morgan fingerprint density at radius 1 is 1.28 bits per heavy atom. The van der Waals surface area contributed by atoms with Crippen molar-refractivity contribution in [2.24, 2.45) is 0 Å². The molecule has 0 aliphatic rings. The minimum absolute atomic E-state index is 0.277. The number of amides is 1. The van der Waals surface area contributed by atoms with E-state index in [2.05, 4.69) is 15.3 Å². The van der Waals surface area contributed by atoms with Gasteiger partial charge in [-0.15, -0.1) is 0 Å². The topological polar surface area (TPSA) is 54.9 Å². The van der Waals surface area contributed by atoms with Gasteiger partial charge in [-0.3, -0.25) is 4.79 Å². The maximum Gasteiger partial charge on any atom is 0.274 e. The van der Waals surface area contributed by atoms with Gasteiger partial charge < -0.3 is 5.32 Å². The number of rotatable bonds is 2. The van der Waals surface area contributed by atoms with Crippen LogP contribution in [0.1, 0.15) is 21.9 Å². The third-order valence-corrected chi connectivity index (χ3v) is 2.85. The first-order valence-electron chi connectivity index (χ1n) is 5.43. The molecule has 1 aromatic heterocycles. The van der Waals surface area contributed by atoms with Gasteiger partial charge in [0.1, 0.15) is 11.5 Å². The molecule has 1 N–H and O–H groups in total. The highest BCUT2D eigenvalue weighted by molar-refractivity contribution is 6.31. The summed E-state index contributed by atoms with van der Waals surface area (Å²) in [4.78, 5) is 19.9. The van der Waals surface area contributed by atoms with E-state index < -0.39 is 0 Å². The second-order valence-corrected chi connectivity index (χ2v) is 4.31. The Morgan fingerprint density at radius 2 is 2.06 bits per heavy atom. The van der Waals surface area contributed by atoms with Crippen LogP contribution in [0.3, 0.4) is 0 Å². The van der Waals surface area contributed by atoms with Crippen LogP contribution in [0.25, 0.3) is 0 Å². The lowest BCUT2D eigenvalue weighted by Gasteiger charge is -2.06. The summed E-state index contributed by atoms with van der Waals surface area (Å²) in [6.45, 7) is 3.64. The van der Waals surface area contributed by atoms with E-state index in [-0.39, 0.29) is 5.91 Å². The quantitative estimate of drug-likeness (QED) is 0.904. The highest BCUT2D eigenvalue weighted by Gasteiger charge is 2.08. The van der Waals surface area contributed by atoms with Crippen molar-refractivity contribution in [1.29, 1.82) is 0 Å². The molecule has 0 aliphatic carbocycles. The summed E-state index contributed by atoms with van der Waals surface area (Å²) in [5, 5.41) is 3.36. The van der Waals surface area contributed by atoms with E-state index >= 15 is 0 Å². The summed E-state index contributed by atoms with van der Waals surface area (Å²) in [6, 6.07) is 6.93. The van der Waals surface area contributed by atoms with E-state index in [1.54, 1.807) is 31.3 Å². The number of aromatic nitrogens is 2. The third-order valence-electron chi connectivity index (χ3n) is 2.44. The second kappa shape index (κ2) is 5.14. The molecule has 0 unspecified atom stereocenters. The number of carbonyl (C=O) groups excluding carboxylic acids is 1. The van der Waals surface area contributed by atoms with Crippen LogP contribution < -0.4 is 5.32 Å². The van der Waals surface area contributed by atoms with E-state index in [9.17, 15) is 4.79 Å². The van der Waals surface area contributed by atoms with Gasteiger partial charge in [0.05, 0.1) is 0 Å². The number of nitrogens with zero attached hydrogens (tertiary/aromatic N) is 2. The highest BCUT2D eigenvalue weighted by Crippen LogP contribution is 2.20. The molecule has 1 aromatic carbocycles. The van der Waals surface area contributed by atoms with Gasteiger partial charge in [-0.1, -0.05) is 17.7 Å². The lowest BCUT2D eigenvalue weighted by Crippen LogP contribution is -2.14. The fourth-order valence-electron chi connectivity index (χ4n) is 1.45. The predicted octanol–water partition coefficient (Wildman–Crippen LogP) is 3.00. The minimum atomic E-state index is -0.277. The van der Waals surface area contributed by atoms with Gasteiger partial charge in [0.2, 0.25) is 0 Å². The third kappa shape index (κ3) is 2.84. The standard InChI is InChI=1S/C13H12ClN3O/c1-8-3-4-10(7-11(8)14)17-13(18)12-5-6-15-9(2)16-12/h3-7H,1-2H3,(H,17,18). The van der Waals surface area contributed by atoms with Crippen LogP contribution >= 0.6 is 11.6 Å². The molecule has 92 valence electrons. The van der Waals surface area contributed by atoms with Gasteiger partial charge in [0, 0.05) is 16.9 Å². The molecular weight excluding hydrogens is 250 g/mol. The number of halogens is 1. The van der Waals surface area contributed by atoms with Crippen LogP contribution in [0.15, 0.2) is 30.5 Å². The van der Waals surface area contributed by atoms with E-state index in [0.717, 1.165) is 5.56 Å². The number of hydrogen-bond donors (Lipinski definition) is 1. The summed E-state index contributed by atoms with van der Waals surface area (Å²) in [6.07, 6.45) is 1.55. The molecule has 0 saturated heterocycles. The second-order valence-electron chi connectivity index (χ2n) is 3.91. The Bertz CT molecular complexity index is 599. The Labute approximate surface area is 110 Å². The molecule has 0 radical (unpaired) electrons. The van der Waals surface area contributed by atoms with Gasteiger partial charge in [-0.25, -0.2) is 9.97 Å². The fourth-order valence-corrected chi connectivity index (χ4v) is 1.63. The lowest BCUT2D eigenvalue weighted by atomic mass is 10.2. The van der Waals surface area contributed by atoms with Crippen molar-refractivity contribution in [3.63, 3.8) is 0 Å². The van der Waals surface area contributed by atoms with E-state index in [1.165, 1.54) is 0 Å². The Balaban J connectivity index is 2.18. The number of aryl methyl sites for hydroxylation is 2. The normalized spacial score (nSPS) is 10.2. The van der Waals surface area contributed by atoms with Crippen molar-refractivity contribution in [2.45, 2.75) is 13.8 Å². The van der Waals surface area contributed by atoms with Crippen molar-refractivity contribution in [2.75, 3.05) is 5.32 Å². The summed E-state index contributed by atoms with van der Waals surface area (Å²) in [5.41, 5.74) is 1.94. The maximum absolute atomic E-state index is 11.9. The minimum Gasteiger partial charge on any atom is -0.321 e.